The fraction of sp³-hybridized carbons (Fsp3) is 0.421. The van der Waals surface area contributed by atoms with Crippen LogP contribution in [0, 0.1) is 0 Å². The van der Waals surface area contributed by atoms with Crippen LogP contribution in [0.25, 0.3) is 0 Å². The third kappa shape index (κ3) is 4.76. The van der Waals surface area contributed by atoms with Gasteiger partial charge in [0.05, 0.1) is 18.6 Å². The molecule has 1 aromatic heterocycles. The molecule has 4 nitrogen and oxygen atoms in total. The van der Waals surface area contributed by atoms with Crippen molar-refractivity contribution in [2.24, 2.45) is 0 Å². The number of rotatable bonds is 8. The second-order valence-electron chi connectivity index (χ2n) is 5.66. The van der Waals surface area contributed by atoms with Crippen molar-refractivity contribution in [3.05, 3.63) is 54.0 Å². The maximum Gasteiger partial charge on any atom is 0.224 e. The third-order valence-corrected chi connectivity index (χ3v) is 6.20. The Labute approximate surface area is 157 Å². The fourth-order valence-corrected chi connectivity index (χ4v) is 4.95. The first-order valence-electron chi connectivity index (χ1n) is 8.52. The summed E-state index contributed by atoms with van der Waals surface area (Å²) in [5.41, 5.74) is 1.10. The Morgan fingerprint density at radius 3 is 3.00 bits per heavy atom. The largest absolute Gasteiger partial charge is 0.493 e. The number of amides is 1. The molecule has 1 saturated heterocycles. The molecule has 0 bridgehead atoms. The summed E-state index contributed by atoms with van der Waals surface area (Å²) < 4.78 is 11.1. The number of para-hydroxylation sites is 1. The van der Waals surface area contributed by atoms with Gasteiger partial charge in [0.15, 0.2) is 0 Å². The van der Waals surface area contributed by atoms with E-state index in [-0.39, 0.29) is 11.3 Å². The molecule has 1 aliphatic heterocycles. The molecule has 25 heavy (non-hydrogen) atoms. The molecule has 1 unspecified atom stereocenters. The highest BCUT2D eigenvalue weighted by molar-refractivity contribution is 7.99. The van der Waals surface area contributed by atoms with E-state index in [1.807, 2.05) is 53.9 Å². The van der Waals surface area contributed by atoms with Gasteiger partial charge >= 0.3 is 0 Å². The average molecular weight is 378 g/mol. The minimum absolute atomic E-state index is 0.0354. The van der Waals surface area contributed by atoms with E-state index in [4.69, 9.17) is 9.15 Å². The van der Waals surface area contributed by atoms with Crippen LogP contribution in [0.3, 0.4) is 0 Å². The van der Waals surface area contributed by atoms with Crippen molar-refractivity contribution in [3.8, 4) is 5.75 Å². The summed E-state index contributed by atoms with van der Waals surface area (Å²) in [6.07, 6.45) is 2.31. The summed E-state index contributed by atoms with van der Waals surface area (Å²) in [6.45, 7) is 3.35. The summed E-state index contributed by atoms with van der Waals surface area (Å²) in [7, 11) is 0. The second kappa shape index (κ2) is 9.25. The summed E-state index contributed by atoms with van der Waals surface area (Å²) in [4.78, 5) is 14.5. The van der Waals surface area contributed by atoms with Gasteiger partial charge in [0.1, 0.15) is 16.9 Å². The normalized spacial score (nSPS) is 17.7. The lowest BCUT2D eigenvalue weighted by atomic mass is 10.1. The summed E-state index contributed by atoms with van der Waals surface area (Å²) >= 11 is 3.61. The van der Waals surface area contributed by atoms with Gasteiger partial charge in [-0.1, -0.05) is 18.2 Å². The van der Waals surface area contributed by atoms with E-state index in [9.17, 15) is 4.79 Å². The predicted molar refractivity (Wildman–Crippen MR) is 104 cm³/mol. The van der Waals surface area contributed by atoms with Crippen molar-refractivity contribution >= 4 is 29.4 Å². The van der Waals surface area contributed by atoms with Gasteiger partial charge in [-0.3, -0.25) is 4.79 Å². The SMILES string of the molecule is CCOc1ccccc1C1SCCC(=O)N1CCSCc1ccco1. The van der Waals surface area contributed by atoms with Crippen molar-refractivity contribution in [1.29, 1.82) is 0 Å². The molecule has 0 spiro atoms. The Hall–Kier alpha value is -1.53. The van der Waals surface area contributed by atoms with Crippen LogP contribution < -0.4 is 4.74 Å². The molecule has 0 radical (unpaired) electrons. The van der Waals surface area contributed by atoms with Gasteiger partial charge in [0, 0.05) is 30.0 Å². The topological polar surface area (TPSA) is 42.7 Å². The van der Waals surface area contributed by atoms with Gasteiger partial charge in [-0.2, -0.15) is 11.8 Å². The zero-order valence-electron chi connectivity index (χ0n) is 14.3. The van der Waals surface area contributed by atoms with Gasteiger partial charge in [0.2, 0.25) is 5.91 Å². The zero-order valence-corrected chi connectivity index (χ0v) is 16.0. The van der Waals surface area contributed by atoms with Gasteiger partial charge in [0.25, 0.3) is 0 Å². The zero-order chi connectivity index (χ0) is 17.5. The molecule has 2 aromatic rings. The minimum Gasteiger partial charge on any atom is -0.493 e. The molecule has 1 fully saturated rings. The van der Waals surface area contributed by atoms with E-state index in [0.29, 0.717) is 13.0 Å². The number of hydrogen-bond acceptors (Lipinski definition) is 5. The molecule has 134 valence electrons. The average Bonchev–Trinajstić information content (AvgIpc) is 3.14. The Balaban J connectivity index is 1.65. The van der Waals surface area contributed by atoms with E-state index in [1.54, 1.807) is 18.0 Å². The fourth-order valence-electron chi connectivity index (χ4n) is 2.82. The lowest BCUT2D eigenvalue weighted by Gasteiger charge is -2.36. The third-order valence-electron chi connectivity index (χ3n) is 3.98. The van der Waals surface area contributed by atoms with Crippen LogP contribution in [0.5, 0.6) is 5.75 Å². The maximum atomic E-state index is 12.5. The molecule has 1 aromatic carbocycles. The first-order valence-corrected chi connectivity index (χ1v) is 10.7. The summed E-state index contributed by atoms with van der Waals surface area (Å²) in [5.74, 6) is 4.67. The van der Waals surface area contributed by atoms with Gasteiger partial charge in [-0.25, -0.2) is 0 Å². The number of hydrogen-bond donors (Lipinski definition) is 0. The van der Waals surface area contributed by atoms with Gasteiger partial charge < -0.3 is 14.1 Å². The molecule has 3 rings (SSSR count). The molecular weight excluding hydrogens is 354 g/mol. The molecule has 1 atom stereocenters. The number of carbonyl (C=O) groups excluding carboxylic acids is 1. The summed E-state index contributed by atoms with van der Waals surface area (Å²) in [6, 6.07) is 11.9. The molecule has 1 aliphatic rings. The molecule has 2 heterocycles. The molecule has 0 saturated carbocycles. The maximum absolute atomic E-state index is 12.5. The quantitative estimate of drug-likeness (QED) is 0.630. The van der Waals surface area contributed by atoms with E-state index in [2.05, 4.69) is 6.07 Å². The van der Waals surface area contributed by atoms with Gasteiger partial charge in [-0.15, -0.1) is 11.8 Å². The molecule has 0 aliphatic carbocycles. The summed E-state index contributed by atoms with van der Waals surface area (Å²) in [5, 5.41) is 0.0354. The number of nitrogens with zero attached hydrogens (tertiary/aromatic N) is 1. The molecule has 6 heteroatoms. The van der Waals surface area contributed by atoms with Crippen molar-refractivity contribution < 1.29 is 13.9 Å². The van der Waals surface area contributed by atoms with Crippen molar-refractivity contribution in [2.45, 2.75) is 24.5 Å². The van der Waals surface area contributed by atoms with E-state index >= 15 is 0 Å². The second-order valence-corrected chi connectivity index (χ2v) is 7.96. The highest BCUT2D eigenvalue weighted by Crippen LogP contribution is 2.41. The highest BCUT2D eigenvalue weighted by Gasteiger charge is 2.31. The van der Waals surface area contributed by atoms with Crippen LogP contribution in [0.1, 0.15) is 30.0 Å². The van der Waals surface area contributed by atoms with Crippen molar-refractivity contribution in [3.63, 3.8) is 0 Å². The Morgan fingerprint density at radius 1 is 1.32 bits per heavy atom. The number of furan rings is 1. The minimum atomic E-state index is 0.0354. The Kier molecular flexibility index (Phi) is 6.76. The number of carbonyl (C=O) groups is 1. The van der Waals surface area contributed by atoms with Crippen LogP contribution in [0.15, 0.2) is 47.1 Å². The van der Waals surface area contributed by atoms with Crippen molar-refractivity contribution in [1.82, 2.24) is 4.90 Å². The molecule has 1 amide bonds. The Bertz CT molecular complexity index is 675. The lowest BCUT2D eigenvalue weighted by Crippen LogP contribution is -2.38. The van der Waals surface area contributed by atoms with Crippen molar-refractivity contribution in [2.75, 3.05) is 24.7 Å². The first-order chi connectivity index (χ1) is 12.3. The van der Waals surface area contributed by atoms with Gasteiger partial charge in [-0.05, 0) is 25.1 Å². The number of thioether (sulfide) groups is 2. The molecule has 0 N–H and O–H groups in total. The van der Waals surface area contributed by atoms with Crippen LogP contribution in [-0.4, -0.2) is 35.5 Å². The van der Waals surface area contributed by atoms with Crippen LogP contribution in [0.4, 0.5) is 0 Å². The first kappa shape index (κ1) is 18.3. The van der Waals surface area contributed by atoms with Crippen LogP contribution in [-0.2, 0) is 10.5 Å². The number of ether oxygens (including phenoxy) is 1. The Morgan fingerprint density at radius 2 is 2.20 bits per heavy atom. The van der Waals surface area contributed by atoms with E-state index in [1.165, 1.54) is 0 Å². The van der Waals surface area contributed by atoms with Crippen LogP contribution >= 0.6 is 23.5 Å². The highest BCUT2D eigenvalue weighted by atomic mass is 32.2. The van der Waals surface area contributed by atoms with Crippen LogP contribution in [0.2, 0.25) is 0 Å². The van der Waals surface area contributed by atoms with E-state index in [0.717, 1.165) is 40.9 Å². The lowest BCUT2D eigenvalue weighted by molar-refractivity contribution is -0.131. The smallest absolute Gasteiger partial charge is 0.224 e. The molecular formula is C19H23NO3S2. The standard InChI is InChI=1S/C19H23NO3S2/c1-2-22-17-8-4-3-7-16(17)19-20(18(21)9-12-25-19)10-13-24-14-15-6-5-11-23-15/h3-8,11,19H,2,9-10,12-14H2,1H3. The monoisotopic (exact) mass is 377 g/mol. The predicted octanol–water partition coefficient (Wildman–Crippen LogP) is 4.58. The number of benzene rings is 1. The van der Waals surface area contributed by atoms with E-state index < -0.39 is 0 Å².